The van der Waals surface area contributed by atoms with Gasteiger partial charge in [0.1, 0.15) is 12.4 Å². The smallest absolute Gasteiger partial charge is 0.181 e. The van der Waals surface area contributed by atoms with E-state index in [2.05, 4.69) is 47.1 Å². The van der Waals surface area contributed by atoms with Crippen LogP contribution in [0.5, 0.6) is 5.75 Å². The Morgan fingerprint density at radius 2 is 1.92 bits per heavy atom. The van der Waals surface area contributed by atoms with Gasteiger partial charge in [0.25, 0.3) is 0 Å². The lowest BCUT2D eigenvalue weighted by Crippen LogP contribution is -2.38. The highest BCUT2D eigenvalue weighted by Crippen LogP contribution is 2.27. The number of nitrogens with zero attached hydrogens (tertiary/aromatic N) is 3. The SMILES string of the molecule is CCc1[nH]nc2nc(-c3cc(CC(=O)c4cc(C)cc(OCCN5CCOCC5)c4)ccc3C)ccc12. The van der Waals surface area contributed by atoms with E-state index in [9.17, 15) is 4.79 Å². The Morgan fingerprint density at radius 3 is 2.73 bits per heavy atom. The van der Waals surface area contributed by atoms with Gasteiger partial charge in [-0.05, 0) is 73.4 Å². The summed E-state index contributed by atoms with van der Waals surface area (Å²) in [5.74, 6) is 0.809. The third-order valence-electron chi connectivity index (χ3n) is 6.95. The fraction of sp³-hybridized carbons (Fsp3) is 0.367. The summed E-state index contributed by atoms with van der Waals surface area (Å²) in [6.07, 6.45) is 1.20. The lowest BCUT2D eigenvalue weighted by molar-refractivity contribution is 0.0322. The monoisotopic (exact) mass is 498 g/mol. The van der Waals surface area contributed by atoms with Crippen LogP contribution in [0.3, 0.4) is 0 Å². The van der Waals surface area contributed by atoms with E-state index in [1.165, 1.54) is 0 Å². The highest BCUT2D eigenvalue weighted by Gasteiger charge is 2.14. The first-order chi connectivity index (χ1) is 18.0. The molecule has 0 atom stereocenters. The van der Waals surface area contributed by atoms with Gasteiger partial charge in [0.05, 0.1) is 18.9 Å². The number of morpholine rings is 1. The number of ketones is 1. The third kappa shape index (κ3) is 5.89. The molecule has 0 bridgehead atoms. The molecule has 0 aliphatic carbocycles. The number of carbonyl (C=O) groups excluding carboxylic acids is 1. The van der Waals surface area contributed by atoms with Gasteiger partial charge in [0.2, 0.25) is 0 Å². The van der Waals surface area contributed by atoms with Gasteiger partial charge in [-0.15, -0.1) is 0 Å². The predicted octanol–water partition coefficient (Wildman–Crippen LogP) is 4.94. The first kappa shape index (κ1) is 25.1. The van der Waals surface area contributed by atoms with Crippen molar-refractivity contribution >= 4 is 16.8 Å². The van der Waals surface area contributed by atoms with E-state index in [1.54, 1.807) is 0 Å². The largest absolute Gasteiger partial charge is 0.492 e. The van der Waals surface area contributed by atoms with Gasteiger partial charge in [0.15, 0.2) is 11.4 Å². The number of nitrogens with one attached hydrogen (secondary N) is 1. The van der Waals surface area contributed by atoms with Crippen molar-refractivity contribution in [2.24, 2.45) is 0 Å². The summed E-state index contributed by atoms with van der Waals surface area (Å²) >= 11 is 0. The number of Topliss-reactive ketones (excluding diaryl/α,β-unsaturated/α-hetero) is 1. The Bertz CT molecular complexity index is 1410. The number of aryl methyl sites for hydroxylation is 3. The Balaban J connectivity index is 1.29. The first-order valence-corrected chi connectivity index (χ1v) is 13.0. The molecule has 2 aromatic carbocycles. The minimum Gasteiger partial charge on any atom is -0.492 e. The molecule has 4 aromatic rings. The van der Waals surface area contributed by atoms with Crippen LogP contribution >= 0.6 is 0 Å². The topological polar surface area (TPSA) is 80.3 Å². The average molecular weight is 499 g/mol. The van der Waals surface area contributed by atoms with E-state index in [4.69, 9.17) is 14.5 Å². The van der Waals surface area contributed by atoms with Crippen LogP contribution in [0.1, 0.15) is 39.7 Å². The summed E-state index contributed by atoms with van der Waals surface area (Å²) in [7, 11) is 0. The van der Waals surface area contributed by atoms with Gasteiger partial charge in [-0.3, -0.25) is 14.8 Å². The summed E-state index contributed by atoms with van der Waals surface area (Å²) in [6, 6.07) is 16.0. The van der Waals surface area contributed by atoms with E-state index in [-0.39, 0.29) is 5.78 Å². The molecule has 3 heterocycles. The van der Waals surface area contributed by atoms with E-state index in [0.29, 0.717) is 18.6 Å². The molecule has 1 N–H and O–H groups in total. The molecule has 0 amide bonds. The van der Waals surface area contributed by atoms with E-state index in [0.717, 1.165) is 89.7 Å². The Labute approximate surface area is 217 Å². The lowest BCUT2D eigenvalue weighted by Gasteiger charge is -2.26. The summed E-state index contributed by atoms with van der Waals surface area (Å²) < 4.78 is 11.4. The number of pyridine rings is 1. The number of aromatic amines is 1. The van der Waals surface area contributed by atoms with E-state index in [1.807, 2.05) is 37.3 Å². The lowest BCUT2D eigenvalue weighted by atomic mass is 9.96. The number of aromatic nitrogens is 3. The van der Waals surface area contributed by atoms with Crippen LogP contribution in [0.25, 0.3) is 22.3 Å². The zero-order chi connectivity index (χ0) is 25.8. The number of rotatable bonds is 9. The predicted molar refractivity (Wildman–Crippen MR) is 145 cm³/mol. The fourth-order valence-electron chi connectivity index (χ4n) is 4.82. The summed E-state index contributed by atoms with van der Waals surface area (Å²) in [4.78, 5) is 20.4. The summed E-state index contributed by atoms with van der Waals surface area (Å²) in [5, 5.41) is 8.50. The van der Waals surface area contributed by atoms with Gasteiger partial charge < -0.3 is 9.47 Å². The third-order valence-corrected chi connectivity index (χ3v) is 6.95. The molecule has 0 saturated carbocycles. The van der Waals surface area contributed by atoms with Crippen molar-refractivity contribution in [2.45, 2.75) is 33.6 Å². The van der Waals surface area contributed by atoms with Gasteiger partial charge >= 0.3 is 0 Å². The number of carbonyl (C=O) groups is 1. The highest BCUT2D eigenvalue weighted by molar-refractivity contribution is 5.98. The van der Waals surface area contributed by atoms with Crippen molar-refractivity contribution in [3.05, 3.63) is 76.5 Å². The maximum atomic E-state index is 13.3. The molecule has 7 heteroatoms. The number of benzene rings is 2. The van der Waals surface area contributed by atoms with Gasteiger partial charge in [0, 0.05) is 48.3 Å². The van der Waals surface area contributed by atoms with Crippen molar-refractivity contribution in [2.75, 3.05) is 39.5 Å². The molecule has 1 aliphatic heterocycles. The molecule has 0 radical (unpaired) electrons. The molecule has 0 spiro atoms. The highest BCUT2D eigenvalue weighted by atomic mass is 16.5. The quantitative estimate of drug-likeness (QED) is 0.329. The molecule has 5 rings (SSSR count). The van der Waals surface area contributed by atoms with E-state index >= 15 is 0 Å². The van der Waals surface area contributed by atoms with Crippen LogP contribution in [-0.2, 0) is 17.6 Å². The Morgan fingerprint density at radius 1 is 1.08 bits per heavy atom. The van der Waals surface area contributed by atoms with Crippen molar-refractivity contribution in [3.8, 4) is 17.0 Å². The van der Waals surface area contributed by atoms with Crippen LogP contribution < -0.4 is 4.74 Å². The van der Waals surface area contributed by atoms with Gasteiger partial charge in [-0.1, -0.05) is 19.1 Å². The number of hydrogen-bond acceptors (Lipinski definition) is 6. The van der Waals surface area contributed by atoms with Crippen molar-refractivity contribution in [3.63, 3.8) is 0 Å². The van der Waals surface area contributed by atoms with Crippen LogP contribution in [0, 0.1) is 13.8 Å². The maximum absolute atomic E-state index is 13.3. The molecule has 1 fully saturated rings. The van der Waals surface area contributed by atoms with E-state index < -0.39 is 0 Å². The molecule has 2 aromatic heterocycles. The molecular weight excluding hydrogens is 464 g/mol. The van der Waals surface area contributed by atoms with Crippen LogP contribution in [-0.4, -0.2) is 65.3 Å². The number of H-pyrrole nitrogens is 1. The fourth-order valence-corrected chi connectivity index (χ4v) is 4.82. The second-order valence-electron chi connectivity index (χ2n) is 9.71. The minimum atomic E-state index is 0.0693. The second kappa shape index (κ2) is 11.2. The minimum absolute atomic E-state index is 0.0693. The maximum Gasteiger partial charge on any atom is 0.181 e. The van der Waals surface area contributed by atoms with Crippen LogP contribution in [0.2, 0.25) is 0 Å². The van der Waals surface area contributed by atoms with Crippen molar-refractivity contribution in [1.82, 2.24) is 20.1 Å². The van der Waals surface area contributed by atoms with Crippen LogP contribution in [0.15, 0.2) is 48.5 Å². The molecule has 7 nitrogen and oxygen atoms in total. The molecule has 0 unspecified atom stereocenters. The summed E-state index contributed by atoms with van der Waals surface area (Å²) in [5.41, 5.74) is 7.45. The van der Waals surface area contributed by atoms with Crippen molar-refractivity contribution < 1.29 is 14.3 Å². The zero-order valence-electron chi connectivity index (χ0n) is 21.8. The molecule has 1 saturated heterocycles. The zero-order valence-corrected chi connectivity index (χ0v) is 21.8. The summed E-state index contributed by atoms with van der Waals surface area (Å²) in [6.45, 7) is 11.0. The molecule has 192 valence electrons. The normalized spacial score (nSPS) is 14.2. The Kier molecular flexibility index (Phi) is 7.63. The molecule has 37 heavy (non-hydrogen) atoms. The standard InChI is InChI=1S/C30H34N4O3/c1-4-27-25-7-8-28(31-30(25)33-32-27)26-17-22(6-5-21(26)3)18-29(35)23-15-20(2)16-24(19-23)37-14-11-34-9-12-36-13-10-34/h5-8,15-17,19H,4,9-14,18H2,1-3H3,(H,31,32,33). The number of hydrogen-bond donors (Lipinski definition) is 1. The molecular formula is C30H34N4O3. The van der Waals surface area contributed by atoms with Gasteiger partial charge in [-0.25, -0.2) is 4.98 Å². The Hall–Kier alpha value is -3.55. The first-order valence-electron chi connectivity index (χ1n) is 13.0. The second-order valence-corrected chi connectivity index (χ2v) is 9.71. The number of ether oxygens (including phenoxy) is 2. The van der Waals surface area contributed by atoms with Crippen LogP contribution in [0.4, 0.5) is 0 Å². The van der Waals surface area contributed by atoms with Crippen molar-refractivity contribution in [1.29, 1.82) is 0 Å². The van der Waals surface area contributed by atoms with Gasteiger partial charge in [-0.2, -0.15) is 5.10 Å². The molecule has 1 aliphatic rings. The number of fused-ring (bicyclic) bond motifs is 1. The average Bonchev–Trinajstić information content (AvgIpc) is 3.32.